The number of carbonyl (C=O) groups is 1. The van der Waals surface area contributed by atoms with Gasteiger partial charge in [0.2, 0.25) is 5.91 Å². The molecule has 102 valence electrons. The lowest BCUT2D eigenvalue weighted by Gasteiger charge is -2.28. The van der Waals surface area contributed by atoms with Crippen molar-refractivity contribution in [2.75, 3.05) is 19.3 Å². The number of hydrogen-bond acceptors (Lipinski definition) is 4. The van der Waals surface area contributed by atoms with Gasteiger partial charge in [0.25, 0.3) is 0 Å². The molecule has 6 heteroatoms. The normalized spacial score (nSPS) is 16.4. The van der Waals surface area contributed by atoms with Gasteiger partial charge in [-0.2, -0.15) is 0 Å². The summed E-state index contributed by atoms with van der Waals surface area (Å²) in [6.45, 7) is 7.18. The molecule has 0 aromatic heterocycles. The average Bonchev–Trinajstić information content (AvgIpc) is 2.23. The molecule has 0 saturated carbocycles. The molecule has 0 aromatic rings. The first-order chi connectivity index (χ1) is 7.50. The number of hydrogen-bond donors (Lipinski definition) is 2. The highest BCUT2D eigenvalue weighted by Crippen LogP contribution is 2.20. The molecule has 0 spiro atoms. The fourth-order valence-electron chi connectivity index (χ4n) is 1.04. The van der Waals surface area contributed by atoms with Gasteiger partial charge in [0.15, 0.2) is 9.84 Å². The van der Waals surface area contributed by atoms with Crippen LogP contribution in [0.2, 0.25) is 0 Å². The standard InChI is InChI=1S/C11H24N2O3S/c1-6-11(4,7-12)9(14)13-8-10(2,3)17(5,15)16/h6-8,12H2,1-5H3,(H,13,14). The first-order valence-electron chi connectivity index (χ1n) is 5.68. The Morgan fingerprint density at radius 2 is 1.76 bits per heavy atom. The molecule has 17 heavy (non-hydrogen) atoms. The lowest BCUT2D eigenvalue weighted by atomic mass is 9.86. The van der Waals surface area contributed by atoms with Crippen LogP contribution in [0, 0.1) is 5.41 Å². The molecular weight excluding hydrogens is 240 g/mol. The lowest BCUT2D eigenvalue weighted by molar-refractivity contribution is -0.129. The fourth-order valence-corrected chi connectivity index (χ4v) is 1.37. The Morgan fingerprint density at radius 1 is 1.29 bits per heavy atom. The second-order valence-corrected chi connectivity index (χ2v) is 7.98. The van der Waals surface area contributed by atoms with E-state index >= 15 is 0 Å². The van der Waals surface area contributed by atoms with Gasteiger partial charge in [0.1, 0.15) is 0 Å². The van der Waals surface area contributed by atoms with Gasteiger partial charge in [-0.1, -0.05) is 6.92 Å². The smallest absolute Gasteiger partial charge is 0.227 e. The first kappa shape index (κ1) is 16.4. The molecule has 0 aliphatic carbocycles. The number of rotatable bonds is 6. The van der Waals surface area contributed by atoms with Crippen LogP contribution in [0.25, 0.3) is 0 Å². The van der Waals surface area contributed by atoms with E-state index in [4.69, 9.17) is 5.73 Å². The number of amides is 1. The summed E-state index contributed by atoms with van der Waals surface area (Å²) < 4.78 is 22.0. The third-order valence-corrected chi connectivity index (χ3v) is 5.61. The Balaban J connectivity index is 4.66. The van der Waals surface area contributed by atoms with E-state index in [1.54, 1.807) is 20.8 Å². The fraction of sp³-hybridized carbons (Fsp3) is 0.909. The van der Waals surface area contributed by atoms with Crippen molar-refractivity contribution in [1.29, 1.82) is 0 Å². The van der Waals surface area contributed by atoms with Gasteiger partial charge in [0, 0.05) is 19.3 Å². The Hall–Kier alpha value is -0.620. The summed E-state index contributed by atoms with van der Waals surface area (Å²) in [5.41, 5.74) is 4.93. The number of carbonyl (C=O) groups excluding carboxylic acids is 1. The Labute approximate surface area is 104 Å². The van der Waals surface area contributed by atoms with Crippen LogP contribution in [0.5, 0.6) is 0 Å². The third-order valence-electron chi connectivity index (χ3n) is 3.46. The largest absolute Gasteiger partial charge is 0.354 e. The number of nitrogens with one attached hydrogen (secondary N) is 1. The van der Waals surface area contributed by atoms with Gasteiger partial charge in [-0.15, -0.1) is 0 Å². The van der Waals surface area contributed by atoms with Gasteiger partial charge >= 0.3 is 0 Å². The molecule has 0 bridgehead atoms. The van der Waals surface area contributed by atoms with E-state index in [0.29, 0.717) is 6.42 Å². The quantitative estimate of drug-likeness (QED) is 0.722. The summed E-state index contributed by atoms with van der Waals surface area (Å²) in [5, 5.41) is 2.67. The summed E-state index contributed by atoms with van der Waals surface area (Å²) in [6, 6.07) is 0. The highest BCUT2D eigenvalue weighted by atomic mass is 32.2. The average molecular weight is 264 g/mol. The molecule has 1 atom stereocenters. The molecule has 0 rings (SSSR count). The maximum Gasteiger partial charge on any atom is 0.227 e. The van der Waals surface area contributed by atoms with Crippen LogP contribution in [-0.4, -0.2) is 38.4 Å². The van der Waals surface area contributed by atoms with Crippen LogP contribution >= 0.6 is 0 Å². The molecule has 1 amide bonds. The SMILES string of the molecule is CCC(C)(CN)C(=O)NCC(C)(C)S(C)(=O)=O. The zero-order valence-corrected chi connectivity index (χ0v) is 12.1. The van der Waals surface area contributed by atoms with Gasteiger partial charge in [0.05, 0.1) is 10.2 Å². The first-order valence-corrected chi connectivity index (χ1v) is 7.57. The Morgan fingerprint density at radius 3 is 2.06 bits per heavy atom. The van der Waals surface area contributed by atoms with E-state index in [9.17, 15) is 13.2 Å². The summed E-state index contributed by atoms with van der Waals surface area (Å²) in [4.78, 5) is 11.9. The van der Waals surface area contributed by atoms with Gasteiger partial charge in [-0.05, 0) is 27.2 Å². The topological polar surface area (TPSA) is 89.3 Å². The molecule has 0 aliphatic heterocycles. The van der Waals surface area contributed by atoms with Crippen molar-refractivity contribution >= 4 is 15.7 Å². The van der Waals surface area contributed by atoms with Crippen molar-refractivity contribution in [1.82, 2.24) is 5.32 Å². The molecule has 0 aliphatic rings. The summed E-state index contributed by atoms with van der Waals surface area (Å²) in [5.74, 6) is -0.195. The molecule has 0 radical (unpaired) electrons. The van der Waals surface area contributed by atoms with Crippen molar-refractivity contribution in [2.24, 2.45) is 11.1 Å². The lowest BCUT2D eigenvalue weighted by Crippen LogP contribution is -2.49. The maximum absolute atomic E-state index is 11.9. The van der Waals surface area contributed by atoms with E-state index in [0.717, 1.165) is 0 Å². The van der Waals surface area contributed by atoms with E-state index < -0.39 is 20.0 Å². The number of sulfone groups is 1. The predicted molar refractivity (Wildman–Crippen MR) is 69.4 cm³/mol. The molecule has 3 N–H and O–H groups in total. The minimum atomic E-state index is -3.20. The molecular formula is C11H24N2O3S. The van der Waals surface area contributed by atoms with Crippen LogP contribution in [0.3, 0.4) is 0 Å². The molecule has 0 aromatic carbocycles. The van der Waals surface area contributed by atoms with E-state index in [-0.39, 0.29) is 19.0 Å². The molecule has 5 nitrogen and oxygen atoms in total. The van der Waals surface area contributed by atoms with E-state index in [1.165, 1.54) is 6.26 Å². The van der Waals surface area contributed by atoms with Crippen LogP contribution in [0.1, 0.15) is 34.1 Å². The zero-order chi connectivity index (χ0) is 13.9. The Kier molecular flexibility index (Phi) is 5.16. The van der Waals surface area contributed by atoms with E-state index in [2.05, 4.69) is 5.32 Å². The molecule has 0 saturated heterocycles. The second kappa shape index (κ2) is 5.35. The molecule has 0 fully saturated rings. The second-order valence-electron chi connectivity index (χ2n) is 5.33. The summed E-state index contributed by atoms with van der Waals surface area (Å²) in [6.07, 6.45) is 1.79. The van der Waals surface area contributed by atoms with Crippen molar-refractivity contribution in [3.63, 3.8) is 0 Å². The highest BCUT2D eigenvalue weighted by molar-refractivity contribution is 7.92. The molecule has 1 unspecified atom stereocenters. The molecule has 0 heterocycles. The van der Waals surface area contributed by atoms with Crippen LogP contribution in [-0.2, 0) is 14.6 Å². The highest BCUT2D eigenvalue weighted by Gasteiger charge is 2.34. The van der Waals surface area contributed by atoms with Crippen LogP contribution in [0.15, 0.2) is 0 Å². The third kappa shape index (κ3) is 3.96. The van der Waals surface area contributed by atoms with Crippen molar-refractivity contribution in [3.8, 4) is 0 Å². The van der Waals surface area contributed by atoms with E-state index in [1.807, 2.05) is 6.92 Å². The minimum Gasteiger partial charge on any atom is -0.354 e. The van der Waals surface area contributed by atoms with Crippen LogP contribution < -0.4 is 11.1 Å². The van der Waals surface area contributed by atoms with Crippen molar-refractivity contribution < 1.29 is 13.2 Å². The summed E-state index contributed by atoms with van der Waals surface area (Å²) in [7, 11) is -3.20. The number of nitrogens with two attached hydrogens (primary N) is 1. The van der Waals surface area contributed by atoms with Crippen molar-refractivity contribution in [3.05, 3.63) is 0 Å². The predicted octanol–water partition coefficient (Wildman–Crippen LogP) is 0.301. The van der Waals surface area contributed by atoms with Gasteiger partial charge in [-0.3, -0.25) is 4.79 Å². The van der Waals surface area contributed by atoms with Crippen LogP contribution in [0.4, 0.5) is 0 Å². The summed E-state index contributed by atoms with van der Waals surface area (Å²) >= 11 is 0. The van der Waals surface area contributed by atoms with Crippen molar-refractivity contribution in [2.45, 2.75) is 38.9 Å². The maximum atomic E-state index is 11.9. The van der Waals surface area contributed by atoms with Gasteiger partial charge < -0.3 is 11.1 Å². The zero-order valence-electron chi connectivity index (χ0n) is 11.3. The Bertz CT molecular complexity index is 370. The minimum absolute atomic E-state index is 0.0975. The van der Waals surface area contributed by atoms with Gasteiger partial charge in [-0.25, -0.2) is 8.42 Å². The monoisotopic (exact) mass is 264 g/mol.